The normalized spacial score (nSPS) is 18.8. The molecule has 2 N–H and O–H groups in total. The van der Waals surface area contributed by atoms with E-state index < -0.39 is 0 Å². The highest BCUT2D eigenvalue weighted by atomic mass is 15.2. The van der Waals surface area contributed by atoms with E-state index in [1.807, 2.05) is 0 Å². The molecule has 2 aromatic carbocycles. The van der Waals surface area contributed by atoms with Crippen molar-refractivity contribution in [3.8, 4) is 0 Å². The smallest absolute Gasteiger partial charge is 0.0265 e. The van der Waals surface area contributed by atoms with Crippen molar-refractivity contribution in [1.29, 1.82) is 0 Å². The fourth-order valence-electron chi connectivity index (χ4n) is 3.07. The van der Waals surface area contributed by atoms with E-state index in [1.54, 1.807) is 0 Å². The molecule has 2 heteroatoms. The molecule has 1 atom stereocenters. The summed E-state index contributed by atoms with van der Waals surface area (Å²) in [6.45, 7) is 4.90. The molecule has 0 aromatic heterocycles. The topological polar surface area (TPSA) is 29.3 Å². The Morgan fingerprint density at radius 3 is 2.50 bits per heavy atom. The summed E-state index contributed by atoms with van der Waals surface area (Å²) in [6, 6.07) is 17.8. The molecule has 3 rings (SSSR count). The van der Waals surface area contributed by atoms with Gasteiger partial charge in [0.25, 0.3) is 0 Å². The summed E-state index contributed by atoms with van der Waals surface area (Å²) in [7, 11) is 0. The molecule has 0 bridgehead atoms. The fourth-order valence-corrected chi connectivity index (χ4v) is 3.07. The van der Waals surface area contributed by atoms with Crippen LogP contribution < -0.4 is 5.73 Å². The van der Waals surface area contributed by atoms with Gasteiger partial charge < -0.3 is 5.73 Å². The minimum Gasteiger partial charge on any atom is -0.329 e. The van der Waals surface area contributed by atoms with E-state index >= 15 is 0 Å². The fraction of sp³-hybridized carbons (Fsp3) is 0.333. The number of hydrogen-bond donors (Lipinski definition) is 1. The van der Waals surface area contributed by atoms with Gasteiger partial charge in [-0.1, -0.05) is 48.5 Å². The summed E-state index contributed by atoms with van der Waals surface area (Å²) < 4.78 is 0. The molecule has 0 fully saturated rings. The van der Waals surface area contributed by atoms with Crippen LogP contribution in [0, 0.1) is 6.92 Å². The van der Waals surface area contributed by atoms with Gasteiger partial charge in [-0.2, -0.15) is 0 Å². The van der Waals surface area contributed by atoms with E-state index in [0.29, 0.717) is 6.04 Å². The van der Waals surface area contributed by atoms with E-state index in [4.69, 9.17) is 5.73 Å². The molecule has 0 aliphatic carbocycles. The molecule has 1 aliphatic heterocycles. The maximum absolute atomic E-state index is 6.00. The van der Waals surface area contributed by atoms with E-state index in [1.165, 1.54) is 22.3 Å². The molecule has 0 saturated heterocycles. The first-order valence-electron chi connectivity index (χ1n) is 7.33. The van der Waals surface area contributed by atoms with Crippen molar-refractivity contribution in [2.45, 2.75) is 32.5 Å². The molecule has 1 unspecified atom stereocenters. The third kappa shape index (κ3) is 2.62. The largest absolute Gasteiger partial charge is 0.329 e. The van der Waals surface area contributed by atoms with Crippen LogP contribution in [0.15, 0.2) is 48.5 Å². The first kappa shape index (κ1) is 13.3. The second kappa shape index (κ2) is 5.78. The van der Waals surface area contributed by atoms with Gasteiger partial charge in [0.05, 0.1) is 0 Å². The van der Waals surface area contributed by atoms with Crippen LogP contribution in [0.1, 0.15) is 22.3 Å². The van der Waals surface area contributed by atoms with Crippen molar-refractivity contribution in [1.82, 2.24) is 4.90 Å². The number of nitrogens with two attached hydrogens (primary N) is 1. The van der Waals surface area contributed by atoms with Gasteiger partial charge in [-0.05, 0) is 35.6 Å². The summed E-state index contributed by atoms with van der Waals surface area (Å²) in [6.07, 6.45) is 1.07. The number of fused-ring (bicyclic) bond motifs is 1. The van der Waals surface area contributed by atoms with Crippen LogP contribution in [0.4, 0.5) is 0 Å². The van der Waals surface area contributed by atoms with Gasteiger partial charge in [0.1, 0.15) is 0 Å². The van der Waals surface area contributed by atoms with Crippen LogP contribution in [-0.2, 0) is 19.5 Å². The monoisotopic (exact) mass is 266 g/mol. The average molecular weight is 266 g/mol. The molecule has 0 amide bonds. The minimum atomic E-state index is 0.449. The van der Waals surface area contributed by atoms with Crippen LogP contribution in [0.25, 0.3) is 0 Å². The van der Waals surface area contributed by atoms with Gasteiger partial charge in [-0.25, -0.2) is 0 Å². The van der Waals surface area contributed by atoms with Crippen LogP contribution in [0.3, 0.4) is 0 Å². The van der Waals surface area contributed by atoms with Crippen LogP contribution in [-0.4, -0.2) is 17.5 Å². The molecule has 0 radical (unpaired) electrons. The third-order valence-corrected chi connectivity index (χ3v) is 4.37. The Labute approximate surface area is 121 Å². The summed E-state index contributed by atoms with van der Waals surface area (Å²) in [5.74, 6) is 0. The summed E-state index contributed by atoms with van der Waals surface area (Å²) >= 11 is 0. The lowest BCUT2D eigenvalue weighted by atomic mass is 9.93. The van der Waals surface area contributed by atoms with Gasteiger partial charge >= 0.3 is 0 Å². The Morgan fingerprint density at radius 2 is 1.75 bits per heavy atom. The average Bonchev–Trinajstić information content (AvgIpc) is 2.49. The van der Waals surface area contributed by atoms with Crippen LogP contribution in [0.2, 0.25) is 0 Å². The van der Waals surface area contributed by atoms with Gasteiger partial charge in [0.15, 0.2) is 0 Å². The highest BCUT2D eigenvalue weighted by Gasteiger charge is 2.24. The highest BCUT2D eigenvalue weighted by molar-refractivity contribution is 5.31. The molecular formula is C18H22N2. The molecule has 104 valence electrons. The van der Waals surface area contributed by atoms with Crippen molar-refractivity contribution in [2.75, 3.05) is 6.54 Å². The quantitative estimate of drug-likeness (QED) is 0.925. The number of aryl methyl sites for hydroxylation is 1. The van der Waals surface area contributed by atoms with E-state index in [9.17, 15) is 0 Å². The van der Waals surface area contributed by atoms with Crippen molar-refractivity contribution >= 4 is 0 Å². The number of hydrogen-bond acceptors (Lipinski definition) is 2. The molecule has 0 spiro atoms. The van der Waals surface area contributed by atoms with Gasteiger partial charge in [-0.15, -0.1) is 0 Å². The predicted octanol–water partition coefficient (Wildman–Crippen LogP) is 2.88. The van der Waals surface area contributed by atoms with E-state index in [-0.39, 0.29) is 0 Å². The predicted molar refractivity (Wildman–Crippen MR) is 83.4 cm³/mol. The zero-order valence-corrected chi connectivity index (χ0v) is 12.0. The Balaban J connectivity index is 1.84. The molecule has 2 nitrogen and oxygen atoms in total. The highest BCUT2D eigenvalue weighted by Crippen LogP contribution is 2.25. The molecule has 0 saturated carbocycles. The second-order valence-electron chi connectivity index (χ2n) is 5.69. The Bertz CT molecular complexity index is 591. The van der Waals surface area contributed by atoms with E-state index in [2.05, 4.69) is 60.4 Å². The first-order chi connectivity index (χ1) is 9.78. The molecule has 1 heterocycles. The second-order valence-corrected chi connectivity index (χ2v) is 5.69. The Morgan fingerprint density at radius 1 is 1.05 bits per heavy atom. The zero-order chi connectivity index (χ0) is 13.9. The summed E-state index contributed by atoms with van der Waals surface area (Å²) in [4.78, 5) is 2.52. The standard InChI is InChI=1S/C18H22N2/c1-14-6-2-3-8-16(14)12-20-13-17-9-5-4-7-15(17)10-18(20)11-19/h2-9,18H,10-13,19H2,1H3. The third-order valence-electron chi connectivity index (χ3n) is 4.37. The van der Waals surface area contributed by atoms with Gasteiger partial charge in [0, 0.05) is 25.7 Å². The Hall–Kier alpha value is -1.64. The van der Waals surface area contributed by atoms with Crippen molar-refractivity contribution in [3.63, 3.8) is 0 Å². The first-order valence-corrected chi connectivity index (χ1v) is 7.33. The van der Waals surface area contributed by atoms with Crippen LogP contribution >= 0.6 is 0 Å². The minimum absolute atomic E-state index is 0.449. The van der Waals surface area contributed by atoms with Gasteiger partial charge in [0.2, 0.25) is 0 Å². The number of benzene rings is 2. The lowest BCUT2D eigenvalue weighted by molar-refractivity contribution is 0.166. The van der Waals surface area contributed by atoms with E-state index in [0.717, 1.165) is 26.1 Å². The van der Waals surface area contributed by atoms with Crippen LogP contribution in [0.5, 0.6) is 0 Å². The maximum atomic E-state index is 6.00. The SMILES string of the molecule is Cc1ccccc1CN1Cc2ccccc2CC1CN. The van der Waals surface area contributed by atoms with Gasteiger partial charge in [-0.3, -0.25) is 4.90 Å². The van der Waals surface area contributed by atoms with Crippen molar-refractivity contribution in [3.05, 3.63) is 70.8 Å². The lowest BCUT2D eigenvalue weighted by Crippen LogP contribution is -2.44. The lowest BCUT2D eigenvalue weighted by Gasteiger charge is -2.36. The molecule has 2 aromatic rings. The number of nitrogens with zero attached hydrogens (tertiary/aromatic N) is 1. The number of rotatable bonds is 3. The molecular weight excluding hydrogens is 244 g/mol. The van der Waals surface area contributed by atoms with Crippen molar-refractivity contribution in [2.24, 2.45) is 5.73 Å². The zero-order valence-electron chi connectivity index (χ0n) is 12.0. The maximum Gasteiger partial charge on any atom is 0.0265 e. The Kier molecular flexibility index (Phi) is 3.86. The summed E-state index contributed by atoms with van der Waals surface area (Å²) in [5.41, 5.74) is 11.7. The van der Waals surface area contributed by atoms with Crippen molar-refractivity contribution < 1.29 is 0 Å². The molecule has 20 heavy (non-hydrogen) atoms. The molecule has 1 aliphatic rings. The summed E-state index contributed by atoms with van der Waals surface area (Å²) in [5, 5.41) is 0.